The van der Waals surface area contributed by atoms with Crippen molar-refractivity contribution in [2.45, 2.75) is 0 Å². The van der Waals surface area contributed by atoms with Crippen molar-refractivity contribution in [2.24, 2.45) is 5.73 Å². The van der Waals surface area contributed by atoms with Gasteiger partial charge in [-0.1, -0.05) is 0 Å². The fourth-order valence-electron chi connectivity index (χ4n) is 0.363. The Labute approximate surface area is 63.8 Å². The first kappa shape index (κ1) is 9.48. The monoisotopic (exact) mass is 159 g/mol. The lowest BCUT2D eigenvalue weighted by molar-refractivity contribution is -0.138. The Morgan fingerprint density at radius 3 is 2.18 bits per heavy atom. The normalized spacial score (nSPS) is 10.5. The summed E-state index contributed by atoms with van der Waals surface area (Å²) in [6, 6.07) is 0. The molecule has 2 N–H and O–H groups in total. The molecule has 5 heteroatoms. The Morgan fingerprint density at radius 1 is 1.27 bits per heavy atom. The Kier molecular flexibility index (Phi) is 3.72. The molecule has 0 aliphatic rings. The molecule has 0 radical (unpaired) electrons. The summed E-state index contributed by atoms with van der Waals surface area (Å²) in [6.45, 7) is 0. The third kappa shape index (κ3) is 3.24. The van der Waals surface area contributed by atoms with Crippen LogP contribution in [0.25, 0.3) is 0 Å². The maximum Gasteiger partial charge on any atom is 0.354 e. The highest BCUT2D eigenvalue weighted by Gasteiger charge is 2.06. The van der Waals surface area contributed by atoms with E-state index >= 15 is 0 Å². The topological polar surface area (TPSA) is 78.6 Å². The van der Waals surface area contributed by atoms with Crippen LogP contribution >= 0.6 is 0 Å². The van der Waals surface area contributed by atoms with Gasteiger partial charge in [0.15, 0.2) is 0 Å². The number of hydrogen-bond donors (Lipinski definition) is 1. The molecule has 0 aliphatic heterocycles. The molecule has 0 atom stereocenters. The van der Waals surface area contributed by atoms with Crippen molar-refractivity contribution in [2.75, 3.05) is 14.2 Å². The van der Waals surface area contributed by atoms with E-state index in [0.717, 1.165) is 6.08 Å². The van der Waals surface area contributed by atoms with Gasteiger partial charge in [0.2, 0.25) is 0 Å². The summed E-state index contributed by atoms with van der Waals surface area (Å²) in [7, 11) is 2.35. The van der Waals surface area contributed by atoms with Crippen molar-refractivity contribution >= 4 is 11.9 Å². The van der Waals surface area contributed by atoms with E-state index in [1.54, 1.807) is 0 Å². The minimum atomic E-state index is -0.754. The van der Waals surface area contributed by atoms with Gasteiger partial charge in [0, 0.05) is 0 Å². The molecule has 0 bridgehead atoms. The zero-order chi connectivity index (χ0) is 8.85. The van der Waals surface area contributed by atoms with Gasteiger partial charge in [0.25, 0.3) is 0 Å². The number of rotatable bonds is 2. The maximum atomic E-state index is 10.5. The zero-order valence-corrected chi connectivity index (χ0v) is 6.29. The van der Waals surface area contributed by atoms with Crippen molar-refractivity contribution in [3.63, 3.8) is 0 Å². The van der Waals surface area contributed by atoms with Gasteiger partial charge in [-0.2, -0.15) is 0 Å². The summed E-state index contributed by atoms with van der Waals surface area (Å²) in [6.07, 6.45) is 0.853. The third-order valence-electron chi connectivity index (χ3n) is 0.896. The Balaban J connectivity index is 4.21. The van der Waals surface area contributed by atoms with Crippen LogP contribution in [0, 0.1) is 0 Å². The van der Waals surface area contributed by atoms with E-state index in [9.17, 15) is 9.59 Å². The second kappa shape index (κ2) is 4.32. The van der Waals surface area contributed by atoms with E-state index in [1.807, 2.05) is 0 Å². The van der Waals surface area contributed by atoms with E-state index in [2.05, 4.69) is 9.47 Å². The molecule has 0 saturated heterocycles. The van der Waals surface area contributed by atoms with Gasteiger partial charge in [0.1, 0.15) is 5.70 Å². The molecule has 0 amide bonds. The smallest absolute Gasteiger partial charge is 0.354 e. The average molecular weight is 159 g/mol. The van der Waals surface area contributed by atoms with Crippen molar-refractivity contribution in [1.82, 2.24) is 0 Å². The standard InChI is InChI=1S/C6H9NO4/c1-10-5(8)3-4(7)6(9)11-2/h3H,7H2,1-2H3. The molecule has 0 saturated carbocycles. The maximum absolute atomic E-state index is 10.5. The van der Waals surface area contributed by atoms with Crippen LogP contribution in [0.15, 0.2) is 11.8 Å². The molecule has 5 nitrogen and oxygen atoms in total. The molecule has 62 valence electrons. The van der Waals surface area contributed by atoms with Gasteiger partial charge in [-0.05, 0) is 0 Å². The first-order chi connectivity index (χ1) is 5.11. The van der Waals surface area contributed by atoms with Crippen LogP contribution in [0.5, 0.6) is 0 Å². The van der Waals surface area contributed by atoms with Crippen molar-refractivity contribution in [3.05, 3.63) is 11.8 Å². The molecule has 0 aliphatic carbocycles. The predicted octanol–water partition coefficient (Wildman–Crippen LogP) is -0.825. The van der Waals surface area contributed by atoms with Crippen LogP contribution in [-0.2, 0) is 19.1 Å². The SMILES string of the molecule is COC(=O)C=C(N)C(=O)OC. The highest BCUT2D eigenvalue weighted by atomic mass is 16.5. The van der Waals surface area contributed by atoms with Gasteiger partial charge in [-0.3, -0.25) is 0 Å². The van der Waals surface area contributed by atoms with Gasteiger partial charge < -0.3 is 15.2 Å². The quantitative estimate of drug-likeness (QED) is 0.420. The molecular formula is C6H9NO4. The van der Waals surface area contributed by atoms with E-state index in [0.29, 0.717) is 0 Å². The summed E-state index contributed by atoms with van der Waals surface area (Å²) in [5.74, 6) is -1.44. The van der Waals surface area contributed by atoms with Crippen molar-refractivity contribution < 1.29 is 19.1 Å². The van der Waals surface area contributed by atoms with Crippen LogP contribution in [0.1, 0.15) is 0 Å². The number of methoxy groups -OCH3 is 2. The molecule has 0 fully saturated rings. The number of hydrogen-bond acceptors (Lipinski definition) is 5. The molecule has 0 spiro atoms. The second-order valence-corrected chi connectivity index (χ2v) is 1.61. The first-order valence-electron chi connectivity index (χ1n) is 2.75. The average Bonchev–Trinajstić information content (AvgIpc) is 2.02. The van der Waals surface area contributed by atoms with Gasteiger partial charge in [-0.25, -0.2) is 9.59 Å². The van der Waals surface area contributed by atoms with Crippen LogP contribution in [-0.4, -0.2) is 26.2 Å². The fourth-order valence-corrected chi connectivity index (χ4v) is 0.363. The van der Waals surface area contributed by atoms with Crippen LogP contribution in [0.4, 0.5) is 0 Å². The van der Waals surface area contributed by atoms with E-state index in [1.165, 1.54) is 14.2 Å². The predicted molar refractivity (Wildman–Crippen MR) is 36.3 cm³/mol. The number of esters is 2. The third-order valence-corrected chi connectivity index (χ3v) is 0.896. The van der Waals surface area contributed by atoms with E-state index in [-0.39, 0.29) is 5.70 Å². The van der Waals surface area contributed by atoms with Gasteiger partial charge in [0.05, 0.1) is 20.3 Å². The van der Waals surface area contributed by atoms with E-state index < -0.39 is 11.9 Å². The molecule has 0 rings (SSSR count). The first-order valence-corrected chi connectivity index (χ1v) is 2.75. The second-order valence-electron chi connectivity index (χ2n) is 1.61. The Bertz CT molecular complexity index is 197. The van der Waals surface area contributed by atoms with E-state index in [4.69, 9.17) is 5.73 Å². The van der Waals surface area contributed by atoms with Crippen molar-refractivity contribution in [3.8, 4) is 0 Å². The highest BCUT2D eigenvalue weighted by molar-refractivity contribution is 5.95. The molecule has 11 heavy (non-hydrogen) atoms. The van der Waals surface area contributed by atoms with Crippen LogP contribution in [0.2, 0.25) is 0 Å². The summed E-state index contributed by atoms with van der Waals surface area (Å²) in [5.41, 5.74) is 4.81. The number of nitrogens with two attached hydrogens (primary N) is 1. The summed E-state index contributed by atoms with van der Waals surface area (Å²) in [4.78, 5) is 21.0. The van der Waals surface area contributed by atoms with Crippen LogP contribution in [0.3, 0.4) is 0 Å². The number of carbonyl (C=O) groups is 2. The minimum absolute atomic E-state index is 0.278. The lowest BCUT2D eigenvalue weighted by Crippen LogP contribution is -2.15. The summed E-state index contributed by atoms with van der Waals surface area (Å²) in [5, 5.41) is 0. The summed E-state index contributed by atoms with van der Waals surface area (Å²) < 4.78 is 8.43. The molecule has 0 unspecified atom stereocenters. The lowest BCUT2D eigenvalue weighted by atomic mass is 10.4. The number of carbonyl (C=O) groups excluding carboxylic acids is 2. The van der Waals surface area contributed by atoms with Gasteiger partial charge >= 0.3 is 11.9 Å². The lowest BCUT2D eigenvalue weighted by Gasteiger charge is -1.96. The Hall–Kier alpha value is -1.52. The van der Waals surface area contributed by atoms with Crippen LogP contribution < -0.4 is 5.73 Å². The number of ether oxygens (including phenoxy) is 2. The largest absolute Gasteiger partial charge is 0.466 e. The van der Waals surface area contributed by atoms with Gasteiger partial charge in [-0.15, -0.1) is 0 Å². The molecule has 0 heterocycles. The molecular weight excluding hydrogens is 150 g/mol. The fraction of sp³-hybridized carbons (Fsp3) is 0.333. The Morgan fingerprint density at radius 2 is 1.82 bits per heavy atom. The molecule has 0 aromatic heterocycles. The highest BCUT2D eigenvalue weighted by Crippen LogP contribution is 1.88. The minimum Gasteiger partial charge on any atom is -0.466 e. The molecule has 0 aromatic rings. The molecule has 0 aromatic carbocycles. The van der Waals surface area contributed by atoms with Crippen molar-refractivity contribution in [1.29, 1.82) is 0 Å². The summed E-state index contributed by atoms with van der Waals surface area (Å²) >= 11 is 0. The zero-order valence-electron chi connectivity index (χ0n) is 6.29.